The van der Waals surface area contributed by atoms with E-state index in [9.17, 15) is 9.59 Å². The van der Waals surface area contributed by atoms with E-state index in [4.69, 9.17) is 23.7 Å². The molecule has 1 aliphatic heterocycles. The lowest BCUT2D eigenvalue weighted by Gasteiger charge is -2.14. The summed E-state index contributed by atoms with van der Waals surface area (Å²) in [5.41, 5.74) is 4.12. The van der Waals surface area contributed by atoms with Crippen molar-refractivity contribution in [2.24, 2.45) is 5.10 Å². The molecule has 0 atom stereocenters. The van der Waals surface area contributed by atoms with Crippen LogP contribution in [0.1, 0.15) is 22.8 Å². The number of hydrazone groups is 1. The van der Waals surface area contributed by atoms with Gasteiger partial charge in [0.1, 0.15) is 0 Å². The Kier molecular flexibility index (Phi) is 7.74. The summed E-state index contributed by atoms with van der Waals surface area (Å²) in [5.74, 6) is 1.47. The lowest BCUT2D eigenvalue weighted by molar-refractivity contribution is -0.120. The molecule has 0 saturated carbocycles. The van der Waals surface area contributed by atoms with Crippen LogP contribution in [0.15, 0.2) is 41.5 Å². The van der Waals surface area contributed by atoms with Crippen LogP contribution in [0.4, 0.5) is 0 Å². The van der Waals surface area contributed by atoms with Crippen molar-refractivity contribution < 1.29 is 33.3 Å². The highest BCUT2D eigenvalue weighted by molar-refractivity contribution is 5.99. The second-order valence-electron chi connectivity index (χ2n) is 6.83. The lowest BCUT2D eigenvalue weighted by atomic mass is 10.1. The average molecular weight is 455 g/mol. The van der Waals surface area contributed by atoms with E-state index in [0.29, 0.717) is 34.5 Å². The predicted octanol–water partition coefficient (Wildman–Crippen LogP) is 2.38. The van der Waals surface area contributed by atoms with Gasteiger partial charge in [-0.3, -0.25) is 9.59 Å². The van der Waals surface area contributed by atoms with Gasteiger partial charge in [0.05, 0.1) is 33.6 Å². The Morgan fingerprint density at radius 2 is 1.73 bits per heavy atom. The molecule has 10 nitrogen and oxygen atoms in total. The number of allylic oxidation sites excluding steroid dienone is 1. The fourth-order valence-electron chi connectivity index (χ4n) is 2.94. The fourth-order valence-corrected chi connectivity index (χ4v) is 2.94. The van der Waals surface area contributed by atoms with Crippen LogP contribution in [0.3, 0.4) is 0 Å². The van der Waals surface area contributed by atoms with Gasteiger partial charge in [0.25, 0.3) is 11.8 Å². The summed E-state index contributed by atoms with van der Waals surface area (Å²) >= 11 is 0. The van der Waals surface area contributed by atoms with Gasteiger partial charge in [-0.15, -0.1) is 0 Å². The first kappa shape index (κ1) is 23.5. The van der Waals surface area contributed by atoms with Crippen molar-refractivity contribution in [1.82, 2.24) is 10.7 Å². The van der Waals surface area contributed by atoms with E-state index in [1.165, 1.54) is 33.5 Å². The minimum atomic E-state index is -0.480. The Morgan fingerprint density at radius 3 is 2.39 bits per heavy atom. The van der Waals surface area contributed by atoms with Crippen molar-refractivity contribution in [3.05, 3.63) is 47.5 Å². The topological polar surface area (TPSA) is 117 Å². The van der Waals surface area contributed by atoms with Gasteiger partial charge in [-0.1, -0.05) is 12.1 Å². The third-order valence-corrected chi connectivity index (χ3v) is 4.61. The summed E-state index contributed by atoms with van der Waals surface area (Å²) in [5, 5.41) is 6.53. The first-order valence-corrected chi connectivity index (χ1v) is 9.94. The summed E-state index contributed by atoms with van der Waals surface area (Å²) in [6.07, 6.45) is 3.57. The van der Waals surface area contributed by atoms with Gasteiger partial charge in [-0.2, -0.15) is 5.10 Å². The number of amides is 2. The number of carbonyl (C=O) groups excluding carboxylic acids is 2. The number of ether oxygens (including phenoxy) is 5. The standard InChI is InChI=1S/C23H25N3O7/c1-14(5-6-15-7-8-17-18(9-15)33-13-32-17)25-26-21(27)12-24-23(28)16-10-19(29-2)22(31-4)20(11-16)30-3/h5-11H,12-13H2,1-4H3,(H,24,28)(H,26,27). The maximum atomic E-state index is 12.5. The number of nitrogens with one attached hydrogen (secondary N) is 2. The Hall–Kier alpha value is -4.21. The molecule has 0 aromatic heterocycles. The van der Waals surface area contributed by atoms with Crippen molar-refractivity contribution in [2.75, 3.05) is 34.7 Å². The maximum absolute atomic E-state index is 12.5. The first-order chi connectivity index (χ1) is 15.9. The minimum absolute atomic E-state index is 0.213. The Morgan fingerprint density at radius 1 is 1.03 bits per heavy atom. The number of methoxy groups -OCH3 is 3. The van der Waals surface area contributed by atoms with Gasteiger partial charge in [0.2, 0.25) is 12.5 Å². The van der Waals surface area contributed by atoms with E-state index < -0.39 is 11.8 Å². The zero-order chi connectivity index (χ0) is 23.8. The normalized spacial score (nSPS) is 12.4. The van der Waals surface area contributed by atoms with Gasteiger partial charge in [0, 0.05) is 5.56 Å². The summed E-state index contributed by atoms with van der Waals surface area (Å²) in [6.45, 7) is 1.68. The Labute approximate surface area is 191 Å². The van der Waals surface area contributed by atoms with Gasteiger partial charge >= 0.3 is 0 Å². The Bertz CT molecular complexity index is 1070. The molecule has 10 heteroatoms. The third kappa shape index (κ3) is 5.94. The third-order valence-electron chi connectivity index (χ3n) is 4.61. The highest BCUT2D eigenvalue weighted by Gasteiger charge is 2.17. The molecule has 33 heavy (non-hydrogen) atoms. The first-order valence-electron chi connectivity index (χ1n) is 9.94. The van der Waals surface area contributed by atoms with Crippen LogP contribution >= 0.6 is 0 Å². The largest absolute Gasteiger partial charge is 0.493 e. The molecule has 0 radical (unpaired) electrons. The molecule has 2 N–H and O–H groups in total. The van der Waals surface area contributed by atoms with E-state index in [1.807, 2.05) is 24.3 Å². The molecule has 0 spiro atoms. The van der Waals surface area contributed by atoms with Crippen molar-refractivity contribution in [3.63, 3.8) is 0 Å². The average Bonchev–Trinajstić information content (AvgIpc) is 3.31. The van der Waals surface area contributed by atoms with Crippen LogP contribution in [0, 0.1) is 0 Å². The molecule has 174 valence electrons. The molecule has 2 aromatic rings. The molecule has 0 fully saturated rings. The number of benzene rings is 2. The summed E-state index contributed by atoms with van der Waals surface area (Å²) in [6, 6.07) is 8.56. The highest BCUT2D eigenvalue weighted by Crippen LogP contribution is 2.38. The number of nitrogens with zero attached hydrogens (tertiary/aromatic N) is 1. The zero-order valence-corrected chi connectivity index (χ0v) is 18.8. The maximum Gasteiger partial charge on any atom is 0.259 e. The van der Waals surface area contributed by atoms with Crippen LogP contribution in [0.2, 0.25) is 0 Å². The highest BCUT2D eigenvalue weighted by atomic mass is 16.7. The summed E-state index contributed by atoms with van der Waals surface area (Å²) < 4.78 is 26.3. The SMILES string of the molecule is COc1cc(C(=O)NCC(=O)NN=C(C)C=Cc2ccc3c(c2)OCO3)cc(OC)c1OC. The van der Waals surface area contributed by atoms with Crippen LogP contribution in [0.5, 0.6) is 28.7 Å². The second kappa shape index (κ2) is 10.9. The number of hydrogen-bond acceptors (Lipinski definition) is 8. The molecular formula is C23H25N3O7. The Balaban J connectivity index is 1.53. The molecule has 0 unspecified atom stereocenters. The van der Waals surface area contributed by atoms with Crippen LogP contribution < -0.4 is 34.4 Å². The van der Waals surface area contributed by atoms with E-state index in [2.05, 4.69) is 15.8 Å². The van der Waals surface area contributed by atoms with Crippen molar-refractivity contribution in [3.8, 4) is 28.7 Å². The van der Waals surface area contributed by atoms with Crippen LogP contribution in [0.25, 0.3) is 6.08 Å². The van der Waals surface area contributed by atoms with Crippen LogP contribution in [-0.4, -0.2) is 52.2 Å². The smallest absolute Gasteiger partial charge is 0.259 e. The van der Waals surface area contributed by atoms with Crippen molar-refractivity contribution >= 4 is 23.6 Å². The molecule has 2 aromatic carbocycles. The monoisotopic (exact) mass is 455 g/mol. The zero-order valence-electron chi connectivity index (χ0n) is 18.8. The summed E-state index contributed by atoms with van der Waals surface area (Å²) in [4.78, 5) is 24.5. The van der Waals surface area contributed by atoms with Gasteiger partial charge in [-0.25, -0.2) is 5.43 Å². The molecule has 0 saturated heterocycles. The van der Waals surface area contributed by atoms with E-state index in [0.717, 1.165) is 5.56 Å². The summed E-state index contributed by atoms with van der Waals surface area (Å²) in [7, 11) is 4.37. The predicted molar refractivity (Wildman–Crippen MR) is 121 cm³/mol. The molecule has 3 rings (SSSR count). The fraction of sp³-hybridized carbons (Fsp3) is 0.261. The molecular weight excluding hydrogens is 430 g/mol. The number of rotatable bonds is 9. The second-order valence-corrected chi connectivity index (χ2v) is 6.83. The number of carbonyl (C=O) groups is 2. The van der Waals surface area contributed by atoms with E-state index in [1.54, 1.807) is 13.0 Å². The molecule has 1 aliphatic rings. The lowest BCUT2D eigenvalue weighted by Crippen LogP contribution is -2.35. The van der Waals surface area contributed by atoms with E-state index in [-0.39, 0.29) is 18.9 Å². The van der Waals surface area contributed by atoms with Gasteiger partial charge in [0.15, 0.2) is 23.0 Å². The molecule has 0 bridgehead atoms. The number of hydrogen-bond donors (Lipinski definition) is 2. The quantitative estimate of drug-likeness (QED) is 0.440. The van der Waals surface area contributed by atoms with Gasteiger partial charge < -0.3 is 29.0 Å². The van der Waals surface area contributed by atoms with Gasteiger partial charge in [-0.05, 0) is 42.8 Å². The minimum Gasteiger partial charge on any atom is -0.493 e. The number of fused-ring (bicyclic) bond motifs is 1. The molecule has 0 aliphatic carbocycles. The van der Waals surface area contributed by atoms with Crippen molar-refractivity contribution in [1.29, 1.82) is 0 Å². The van der Waals surface area contributed by atoms with Crippen molar-refractivity contribution in [2.45, 2.75) is 6.92 Å². The molecule has 2 amide bonds. The molecule has 1 heterocycles. The van der Waals surface area contributed by atoms with Crippen LogP contribution in [-0.2, 0) is 4.79 Å². The van der Waals surface area contributed by atoms with E-state index >= 15 is 0 Å².